The molecular weight excluding hydrogens is 362 g/mol. The predicted molar refractivity (Wildman–Crippen MR) is 106 cm³/mol. The van der Waals surface area contributed by atoms with Gasteiger partial charge in [-0.25, -0.2) is 4.98 Å². The molecule has 0 atom stereocenters. The summed E-state index contributed by atoms with van der Waals surface area (Å²) < 4.78 is 1.82. The van der Waals surface area contributed by atoms with Crippen molar-refractivity contribution in [2.75, 3.05) is 5.32 Å². The van der Waals surface area contributed by atoms with E-state index >= 15 is 0 Å². The lowest BCUT2D eigenvalue weighted by molar-refractivity contribution is -0.116. The third kappa shape index (κ3) is 3.13. The molecule has 2 aromatic heterocycles. The summed E-state index contributed by atoms with van der Waals surface area (Å²) >= 11 is 1.20. The van der Waals surface area contributed by atoms with E-state index in [-0.39, 0.29) is 23.7 Å². The van der Waals surface area contributed by atoms with Gasteiger partial charge in [0.05, 0.1) is 11.0 Å². The number of benzene rings is 2. The van der Waals surface area contributed by atoms with Gasteiger partial charge in [-0.05, 0) is 24.3 Å². The quantitative estimate of drug-likeness (QED) is 0.436. The molecule has 1 amide bonds. The highest BCUT2D eigenvalue weighted by Gasteiger charge is 2.14. The first kappa shape index (κ1) is 17.1. The van der Waals surface area contributed by atoms with Gasteiger partial charge >= 0.3 is 0 Å². The Balaban J connectivity index is 1.76. The largest absolute Gasteiger partial charge is 0.331 e. The van der Waals surface area contributed by atoms with E-state index in [4.69, 9.17) is 0 Å². The molecule has 0 bridgehead atoms. The van der Waals surface area contributed by atoms with E-state index in [1.165, 1.54) is 18.3 Å². The summed E-state index contributed by atoms with van der Waals surface area (Å²) in [4.78, 5) is 40.8. The van der Waals surface area contributed by atoms with Crippen molar-refractivity contribution in [2.45, 2.75) is 13.5 Å². The highest BCUT2D eigenvalue weighted by Crippen LogP contribution is 2.20. The Kier molecular flexibility index (Phi) is 4.29. The number of carbonyl (C=O) groups is 2. The van der Waals surface area contributed by atoms with Gasteiger partial charge in [0.15, 0.2) is 16.3 Å². The van der Waals surface area contributed by atoms with E-state index in [2.05, 4.69) is 10.3 Å². The Hall–Kier alpha value is -3.32. The van der Waals surface area contributed by atoms with Crippen LogP contribution in [0.3, 0.4) is 0 Å². The maximum Gasteiger partial charge on any atom is 0.246 e. The maximum absolute atomic E-state index is 12.7. The molecule has 0 aliphatic carbocycles. The van der Waals surface area contributed by atoms with Crippen molar-refractivity contribution in [1.82, 2.24) is 9.55 Å². The molecule has 0 unspecified atom stereocenters. The van der Waals surface area contributed by atoms with Crippen LogP contribution in [0.15, 0.2) is 58.7 Å². The Labute approximate surface area is 158 Å². The van der Waals surface area contributed by atoms with Crippen molar-refractivity contribution in [3.63, 3.8) is 0 Å². The third-order valence-electron chi connectivity index (χ3n) is 4.29. The van der Waals surface area contributed by atoms with Crippen LogP contribution in [0, 0.1) is 0 Å². The second kappa shape index (κ2) is 6.77. The molecule has 6 nitrogen and oxygen atoms in total. The van der Waals surface area contributed by atoms with Crippen molar-refractivity contribution in [2.24, 2.45) is 0 Å². The van der Waals surface area contributed by atoms with Crippen LogP contribution in [0.5, 0.6) is 0 Å². The van der Waals surface area contributed by atoms with Gasteiger partial charge in [0.2, 0.25) is 5.91 Å². The normalized spacial score (nSPS) is 11.0. The number of fused-ring (bicyclic) bond motifs is 2. The van der Waals surface area contributed by atoms with E-state index in [0.29, 0.717) is 32.6 Å². The highest BCUT2D eigenvalue weighted by molar-refractivity contribution is 7.14. The Bertz CT molecular complexity index is 1200. The SMILES string of the molecule is CC(=O)c1csc(NC(=O)Cn2c3ccccc3c(=O)c3ccccc32)n1. The zero-order valence-corrected chi connectivity index (χ0v) is 15.2. The Morgan fingerprint density at radius 2 is 1.63 bits per heavy atom. The molecule has 0 aliphatic rings. The number of amides is 1. The summed E-state index contributed by atoms with van der Waals surface area (Å²) in [6.07, 6.45) is 0. The van der Waals surface area contributed by atoms with Crippen LogP contribution in [0.4, 0.5) is 5.13 Å². The van der Waals surface area contributed by atoms with Gasteiger partial charge in [-0.15, -0.1) is 11.3 Å². The summed E-state index contributed by atoms with van der Waals surface area (Å²) in [6.45, 7) is 1.45. The van der Waals surface area contributed by atoms with E-state index in [1.807, 2.05) is 41.0 Å². The van der Waals surface area contributed by atoms with Gasteiger partial charge < -0.3 is 9.88 Å². The highest BCUT2D eigenvalue weighted by atomic mass is 32.1. The third-order valence-corrected chi connectivity index (χ3v) is 5.05. The lowest BCUT2D eigenvalue weighted by atomic mass is 10.1. The number of nitrogens with zero attached hydrogens (tertiary/aromatic N) is 2. The first-order chi connectivity index (χ1) is 13.0. The van der Waals surface area contributed by atoms with Crippen molar-refractivity contribution in [3.8, 4) is 0 Å². The molecule has 0 radical (unpaired) electrons. The number of thiazole rings is 1. The number of para-hydroxylation sites is 2. The summed E-state index contributed by atoms with van der Waals surface area (Å²) in [7, 11) is 0. The number of nitrogens with one attached hydrogen (secondary N) is 1. The molecule has 27 heavy (non-hydrogen) atoms. The number of anilines is 1. The molecule has 134 valence electrons. The van der Waals surface area contributed by atoms with E-state index < -0.39 is 0 Å². The molecule has 0 aliphatic heterocycles. The van der Waals surface area contributed by atoms with Crippen LogP contribution >= 0.6 is 11.3 Å². The number of hydrogen-bond acceptors (Lipinski definition) is 5. The predicted octanol–water partition coefficient (Wildman–Crippen LogP) is 3.45. The minimum absolute atomic E-state index is 0.0241. The van der Waals surface area contributed by atoms with Crippen molar-refractivity contribution < 1.29 is 9.59 Å². The molecule has 4 rings (SSSR count). The van der Waals surface area contributed by atoms with E-state index in [9.17, 15) is 14.4 Å². The molecule has 0 fully saturated rings. The van der Waals surface area contributed by atoms with Gasteiger partial charge in [0.1, 0.15) is 12.2 Å². The van der Waals surface area contributed by atoms with E-state index in [0.717, 1.165) is 0 Å². The molecule has 4 aromatic rings. The minimum atomic E-state index is -0.279. The van der Waals surface area contributed by atoms with Crippen LogP contribution in [0.2, 0.25) is 0 Å². The second-order valence-corrected chi connectivity index (χ2v) is 6.95. The van der Waals surface area contributed by atoms with Crippen molar-refractivity contribution >= 4 is 50.0 Å². The monoisotopic (exact) mass is 377 g/mol. The maximum atomic E-state index is 12.7. The zero-order valence-electron chi connectivity index (χ0n) is 14.4. The number of carbonyl (C=O) groups excluding carboxylic acids is 2. The fourth-order valence-electron chi connectivity index (χ4n) is 3.04. The molecular formula is C20H15N3O3S. The van der Waals surface area contributed by atoms with Crippen molar-refractivity contribution in [1.29, 1.82) is 0 Å². The molecule has 2 aromatic carbocycles. The average Bonchev–Trinajstić information content (AvgIpc) is 3.14. The fraction of sp³-hybridized carbons (Fsp3) is 0.100. The number of hydrogen-bond donors (Lipinski definition) is 1. The van der Waals surface area contributed by atoms with Gasteiger partial charge in [0, 0.05) is 23.1 Å². The van der Waals surface area contributed by atoms with Gasteiger partial charge in [0.25, 0.3) is 0 Å². The van der Waals surface area contributed by atoms with Crippen molar-refractivity contribution in [3.05, 3.63) is 69.8 Å². The Morgan fingerprint density at radius 3 is 2.19 bits per heavy atom. The molecule has 0 spiro atoms. The zero-order chi connectivity index (χ0) is 19.0. The average molecular weight is 377 g/mol. The Morgan fingerprint density at radius 1 is 1.04 bits per heavy atom. The first-order valence-electron chi connectivity index (χ1n) is 8.31. The van der Waals surface area contributed by atoms with Gasteiger partial charge in [-0.2, -0.15) is 0 Å². The standard InChI is InChI=1S/C20H15N3O3S/c1-12(24)15-11-27-20(21-15)22-18(25)10-23-16-8-4-2-6-13(16)19(26)14-7-3-5-9-17(14)23/h2-9,11H,10H2,1H3,(H,21,22,25). The summed E-state index contributed by atoms with van der Waals surface area (Å²) in [6, 6.07) is 14.5. The summed E-state index contributed by atoms with van der Waals surface area (Å²) in [5, 5.41) is 5.85. The number of rotatable bonds is 4. The number of Topliss-reactive ketones (excluding diaryl/α,β-unsaturated/α-hetero) is 1. The first-order valence-corrected chi connectivity index (χ1v) is 9.19. The summed E-state index contributed by atoms with van der Waals surface area (Å²) in [5.41, 5.74) is 1.67. The molecule has 0 saturated carbocycles. The van der Waals surface area contributed by atoms with Crippen LogP contribution in [-0.2, 0) is 11.3 Å². The number of aromatic nitrogens is 2. The van der Waals surface area contributed by atoms with Gasteiger partial charge in [-0.3, -0.25) is 14.4 Å². The minimum Gasteiger partial charge on any atom is -0.331 e. The van der Waals surface area contributed by atoms with Crippen LogP contribution in [0.1, 0.15) is 17.4 Å². The van der Waals surface area contributed by atoms with Crippen LogP contribution < -0.4 is 10.7 Å². The number of pyridine rings is 1. The fourth-order valence-corrected chi connectivity index (χ4v) is 3.81. The smallest absolute Gasteiger partial charge is 0.246 e. The number of ketones is 1. The molecule has 7 heteroatoms. The lowest BCUT2D eigenvalue weighted by Crippen LogP contribution is -2.21. The topological polar surface area (TPSA) is 81.1 Å². The van der Waals surface area contributed by atoms with E-state index in [1.54, 1.807) is 17.5 Å². The van der Waals surface area contributed by atoms with Crippen LogP contribution in [0.25, 0.3) is 21.8 Å². The van der Waals surface area contributed by atoms with Crippen LogP contribution in [-0.4, -0.2) is 21.2 Å². The second-order valence-electron chi connectivity index (χ2n) is 6.09. The molecule has 0 saturated heterocycles. The molecule has 1 N–H and O–H groups in total. The van der Waals surface area contributed by atoms with Gasteiger partial charge in [-0.1, -0.05) is 24.3 Å². The summed E-state index contributed by atoms with van der Waals surface area (Å²) in [5.74, 6) is -0.428. The molecule has 2 heterocycles. The lowest BCUT2D eigenvalue weighted by Gasteiger charge is -2.14.